The van der Waals surface area contributed by atoms with E-state index in [9.17, 15) is 33.6 Å². The first-order chi connectivity index (χ1) is 33.6. The Kier molecular flexibility index (Phi) is 16.2. The number of nitrogens with one attached hydrogen (secondary N) is 6. The van der Waals surface area contributed by atoms with Gasteiger partial charge in [0.05, 0.1) is 0 Å². The number of carbonyl (C=O) groups excluding carboxylic acids is 7. The van der Waals surface area contributed by atoms with Crippen LogP contribution in [0.4, 0.5) is 0 Å². The van der Waals surface area contributed by atoms with E-state index in [0.29, 0.717) is 72.3 Å². The molecule has 0 radical (unpaired) electrons. The van der Waals surface area contributed by atoms with Crippen molar-refractivity contribution in [1.82, 2.24) is 31.9 Å². The van der Waals surface area contributed by atoms with Crippen molar-refractivity contribution in [2.75, 3.05) is 0 Å². The molecular formula is C55H49N7O7. The number of hydrogen-bond donors (Lipinski definition) is 7. The Bertz CT molecular complexity index is 3030. The highest BCUT2D eigenvalue weighted by molar-refractivity contribution is 6.00. The maximum atomic E-state index is 13.7. The van der Waals surface area contributed by atoms with Crippen LogP contribution in [-0.4, -0.2) is 41.4 Å². The van der Waals surface area contributed by atoms with E-state index in [1.54, 1.807) is 170 Å². The van der Waals surface area contributed by atoms with E-state index in [-0.39, 0.29) is 51.1 Å². The molecule has 7 rings (SSSR count). The van der Waals surface area contributed by atoms with Crippen LogP contribution < -0.4 is 37.6 Å². The molecule has 69 heavy (non-hydrogen) atoms. The normalized spacial score (nSPS) is 10.6. The van der Waals surface area contributed by atoms with Gasteiger partial charge in [-0.05, 0) is 81.9 Å². The van der Waals surface area contributed by atoms with Crippen molar-refractivity contribution in [3.05, 3.63) is 248 Å². The molecule has 0 fully saturated rings. The number of benzene rings is 7. The lowest BCUT2D eigenvalue weighted by atomic mass is 10.0. The van der Waals surface area contributed by atoms with Crippen LogP contribution in [0.2, 0.25) is 0 Å². The molecule has 0 bridgehead atoms. The molecule has 7 aromatic rings. The van der Waals surface area contributed by atoms with Crippen molar-refractivity contribution in [1.29, 1.82) is 0 Å². The second-order valence-corrected chi connectivity index (χ2v) is 15.8. The third kappa shape index (κ3) is 12.6. The van der Waals surface area contributed by atoms with Crippen LogP contribution >= 0.6 is 0 Å². The fraction of sp³-hybridized carbons (Fsp3) is 0.109. The SMILES string of the molecule is NC(=O)c1ccccc1CNC(=O)c1ccccc1CNC(=O)c1ccccc1CNC(=O)c1ccccc1CNC(=O)c1ccccc1CNC(=O)c1ccccc1CNC(=O)c1ccccc1. The summed E-state index contributed by atoms with van der Waals surface area (Å²) in [5, 5.41) is 17.3. The van der Waals surface area contributed by atoms with Gasteiger partial charge in [-0.15, -0.1) is 0 Å². The van der Waals surface area contributed by atoms with E-state index in [1.165, 1.54) is 0 Å². The summed E-state index contributed by atoms with van der Waals surface area (Å²) < 4.78 is 0. The molecule has 0 saturated carbocycles. The predicted molar refractivity (Wildman–Crippen MR) is 261 cm³/mol. The smallest absolute Gasteiger partial charge is 0.251 e. The molecule has 7 amide bonds. The van der Waals surface area contributed by atoms with Crippen LogP contribution in [0, 0.1) is 0 Å². The van der Waals surface area contributed by atoms with Gasteiger partial charge in [-0.25, -0.2) is 0 Å². The maximum absolute atomic E-state index is 13.7. The molecular weight excluding hydrogens is 871 g/mol. The Morgan fingerprint density at radius 2 is 0.464 bits per heavy atom. The molecule has 0 aromatic heterocycles. The molecule has 8 N–H and O–H groups in total. The largest absolute Gasteiger partial charge is 0.366 e. The third-order valence-electron chi connectivity index (χ3n) is 11.3. The van der Waals surface area contributed by atoms with Gasteiger partial charge in [-0.3, -0.25) is 33.6 Å². The first kappa shape index (κ1) is 47.8. The van der Waals surface area contributed by atoms with E-state index in [2.05, 4.69) is 31.9 Å². The lowest BCUT2D eigenvalue weighted by Crippen LogP contribution is -2.30. The van der Waals surface area contributed by atoms with Gasteiger partial charge in [0.2, 0.25) is 5.91 Å². The predicted octanol–water partition coefficient (Wildman–Crippen LogP) is 6.37. The molecule has 0 unspecified atom stereocenters. The zero-order chi connectivity index (χ0) is 48.5. The number of carbonyl (C=O) groups is 7. The summed E-state index contributed by atoms with van der Waals surface area (Å²) in [5.74, 6) is -2.87. The summed E-state index contributed by atoms with van der Waals surface area (Å²) in [4.78, 5) is 92.1. The van der Waals surface area contributed by atoms with Crippen molar-refractivity contribution in [2.24, 2.45) is 5.73 Å². The summed E-state index contributed by atoms with van der Waals surface area (Å²) >= 11 is 0. The van der Waals surface area contributed by atoms with Crippen LogP contribution in [0.25, 0.3) is 0 Å². The van der Waals surface area contributed by atoms with Gasteiger partial charge < -0.3 is 37.6 Å². The number of primary amides is 1. The summed E-state index contributed by atoms with van der Waals surface area (Å²) in [6, 6.07) is 50.0. The van der Waals surface area contributed by atoms with E-state index in [0.717, 1.165) is 0 Å². The molecule has 0 heterocycles. The molecule has 7 aromatic carbocycles. The average Bonchev–Trinajstić information content (AvgIpc) is 3.39. The quantitative estimate of drug-likeness (QED) is 0.0486. The number of nitrogens with two attached hydrogens (primary N) is 1. The van der Waals surface area contributed by atoms with Crippen LogP contribution in [0.3, 0.4) is 0 Å². The van der Waals surface area contributed by atoms with Crippen molar-refractivity contribution >= 4 is 41.4 Å². The monoisotopic (exact) mass is 919 g/mol. The Morgan fingerprint density at radius 3 is 0.725 bits per heavy atom. The van der Waals surface area contributed by atoms with E-state index in [4.69, 9.17) is 5.73 Å². The highest BCUT2D eigenvalue weighted by Crippen LogP contribution is 2.17. The van der Waals surface area contributed by atoms with Crippen molar-refractivity contribution < 1.29 is 33.6 Å². The second kappa shape index (κ2) is 23.3. The zero-order valence-electron chi connectivity index (χ0n) is 37.4. The van der Waals surface area contributed by atoms with Gasteiger partial charge in [0.1, 0.15) is 0 Å². The van der Waals surface area contributed by atoms with Crippen molar-refractivity contribution in [3.8, 4) is 0 Å². The minimum atomic E-state index is -0.598. The third-order valence-corrected chi connectivity index (χ3v) is 11.3. The Balaban J connectivity index is 0.927. The molecule has 0 aliphatic rings. The minimum absolute atomic E-state index is 0.0147. The number of hydrogen-bond acceptors (Lipinski definition) is 7. The molecule has 346 valence electrons. The van der Waals surface area contributed by atoms with Gasteiger partial charge in [0.15, 0.2) is 0 Å². The molecule has 0 aliphatic carbocycles. The Morgan fingerprint density at radius 1 is 0.261 bits per heavy atom. The average molecular weight is 920 g/mol. The highest BCUT2D eigenvalue weighted by Gasteiger charge is 2.19. The molecule has 0 spiro atoms. The standard InChI is InChI=1S/C55H49N7O7/c56-49(63)43-24-10-4-18-37(43)30-58-51(65)45-26-12-6-20-39(45)32-60-53(67)47-28-14-8-22-41(47)34-62-55(69)48-29-15-9-23-42(48)35-61-54(68)46-27-13-7-21-40(46)33-59-52(66)44-25-11-5-19-38(44)31-57-50(64)36-16-2-1-3-17-36/h1-29H,30-35H2,(H2,56,63)(H,57,64)(H,58,65)(H,59,66)(H,60,67)(H,61,68)(H,62,69). The molecule has 0 saturated heterocycles. The van der Waals surface area contributed by atoms with Gasteiger partial charge >= 0.3 is 0 Å². The van der Waals surface area contributed by atoms with Crippen LogP contribution in [-0.2, 0) is 39.3 Å². The van der Waals surface area contributed by atoms with E-state index >= 15 is 0 Å². The summed E-state index contributed by atoms with van der Waals surface area (Å²) in [6.45, 7) is 0.331. The van der Waals surface area contributed by atoms with E-state index < -0.39 is 29.5 Å². The van der Waals surface area contributed by atoms with Gasteiger partial charge in [0.25, 0.3) is 35.4 Å². The highest BCUT2D eigenvalue weighted by atomic mass is 16.2. The summed E-state index contributed by atoms with van der Waals surface area (Å²) in [5.41, 5.74) is 11.5. The van der Waals surface area contributed by atoms with Gasteiger partial charge in [0, 0.05) is 78.2 Å². The zero-order valence-corrected chi connectivity index (χ0v) is 37.4. The number of rotatable bonds is 19. The van der Waals surface area contributed by atoms with Crippen molar-refractivity contribution in [2.45, 2.75) is 39.3 Å². The fourth-order valence-corrected chi connectivity index (χ4v) is 7.62. The summed E-state index contributed by atoms with van der Waals surface area (Å²) in [7, 11) is 0. The maximum Gasteiger partial charge on any atom is 0.251 e. The Hall–Kier alpha value is -9.17. The van der Waals surface area contributed by atoms with Crippen LogP contribution in [0.1, 0.15) is 106 Å². The first-order valence-electron chi connectivity index (χ1n) is 22.1. The van der Waals surface area contributed by atoms with Crippen molar-refractivity contribution in [3.63, 3.8) is 0 Å². The lowest BCUT2D eigenvalue weighted by molar-refractivity contribution is 0.0927. The summed E-state index contributed by atoms with van der Waals surface area (Å²) in [6.07, 6.45) is 0. The van der Waals surface area contributed by atoms with E-state index in [1.807, 2.05) is 6.07 Å². The molecule has 14 nitrogen and oxygen atoms in total. The number of amides is 7. The van der Waals surface area contributed by atoms with Crippen LogP contribution in [0.15, 0.2) is 176 Å². The van der Waals surface area contributed by atoms with Crippen LogP contribution in [0.5, 0.6) is 0 Å². The molecule has 0 aliphatic heterocycles. The lowest BCUT2D eigenvalue weighted by Gasteiger charge is -2.15. The first-order valence-corrected chi connectivity index (χ1v) is 22.1. The molecule has 14 heteroatoms. The van der Waals surface area contributed by atoms with Gasteiger partial charge in [-0.1, -0.05) is 127 Å². The topological polar surface area (TPSA) is 218 Å². The minimum Gasteiger partial charge on any atom is -0.366 e. The molecule has 0 atom stereocenters. The van der Waals surface area contributed by atoms with Gasteiger partial charge in [-0.2, -0.15) is 0 Å². The second-order valence-electron chi connectivity index (χ2n) is 15.8. The Labute approximate surface area is 398 Å². The fourth-order valence-electron chi connectivity index (χ4n) is 7.62.